The molecule has 0 radical (unpaired) electrons. The second kappa shape index (κ2) is 6.33. The minimum Gasteiger partial charge on any atom is -0.349 e. The van der Waals surface area contributed by atoms with Gasteiger partial charge in [-0.05, 0) is 30.8 Å². The van der Waals surface area contributed by atoms with Gasteiger partial charge in [-0.2, -0.15) is 0 Å². The van der Waals surface area contributed by atoms with Crippen molar-refractivity contribution in [2.75, 3.05) is 6.54 Å². The molecule has 0 saturated carbocycles. The van der Waals surface area contributed by atoms with Gasteiger partial charge in [0.05, 0.1) is 5.03 Å². The molecule has 1 aromatic heterocycles. The molecule has 0 saturated heterocycles. The molecule has 21 heavy (non-hydrogen) atoms. The maximum Gasteiger partial charge on any atom is 0.128 e. The van der Waals surface area contributed by atoms with E-state index in [0.29, 0.717) is 6.54 Å². The largest absolute Gasteiger partial charge is 0.349 e. The van der Waals surface area contributed by atoms with Crippen molar-refractivity contribution < 1.29 is 4.39 Å². The van der Waals surface area contributed by atoms with Gasteiger partial charge in [-0.15, -0.1) is 0 Å². The van der Waals surface area contributed by atoms with Gasteiger partial charge in [0.1, 0.15) is 5.82 Å². The van der Waals surface area contributed by atoms with Gasteiger partial charge in [-0.25, -0.2) is 4.39 Å². The summed E-state index contributed by atoms with van der Waals surface area (Å²) in [6, 6.07) is 15.5. The van der Waals surface area contributed by atoms with Gasteiger partial charge in [0, 0.05) is 27.9 Å². The predicted molar refractivity (Wildman–Crippen MR) is 86.2 cm³/mol. The summed E-state index contributed by atoms with van der Waals surface area (Å²) >= 11 is 1.57. The first kappa shape index (κ1) is 14.2. The molecule has 1 heterocycles. The van der Waals surface area contributed by atoms with Gasteiger partial charge in [-0.3, -0.25) is 0 Å². The van der Waals surface area contributed by atoms with Crippen LogP contribution in [-0.4, -0.2) is 11.5 Å². The van der Waals surface area contributed by atoms with Crippen molar-refractivity contribution >= 4 is 22.7 Å². The number of benzene rings is 2. The van der Waals surface area contributed by atoms with Crippen LogP contribution in [0.3, 0.4) is 0 Å². The lowest BCUT2D eigenvalue weighted by Gasteiger charge is -2.09. The van der Waals surface area contributed by atoms with Crippen LogP contribution in [0.1, 0.15) is 12.5 Å². The van der Waals surface area contributed by atoms with E-state index in [1.54, 1.807) is 17.8 Å². The average Bonchev–Trinajstić information content (AvgIpc) is 2.89. The lowest BCUT2D eigenvalue weighted by atomic mass is 10.2. The number of H-pyrrole nitrogens is 1. The molecule has 108 valence electrons. The second-order valence-electron chi connectivity index (χ2n) is 4.82. The summed E-state index contributed by atoms with van der Waals surface area (Å²) in [6.45, 7) is 3.39. The molecule has 0 aliphatic heterocycles. The van der Waals surface area contributed by atoms with Crippen LogP contribution in [0.4, 0.5) is 4.39 Å². The molecule has 3 aromatic rings. The van der Waals surface area contributed by atoms with Crippen molar-refractivity contribution in [3.63, 3.8) is 0 Å². The Morgan fingerprint density at radius 3 is 2.81 bits per heavy atom. The zero-order valence-electron chi connectivity index (χ0n) is 11.8. The van der Waals surface area contributed by atoms with Crippen LogP contribution in [0.5, 0.6) is 0 Å². The van der Waals surface area contributed by atoms with Crippen LogP contribution in [-0.2, 0) is 6.54 Å². The standard InChI is InChI=1S/C17H17FN2S/c1-2-19-11-13-14(18)7-5-9-16(13)21-17-10-12-6-3-4-8-15(12)20-17/h3-10,19-20H,2,11H2,1H3. The highest BCUT2D eigenvalue weighted by molar-refractivity contribution is 7.99. The zero-order valence-corrected chi connectivity index (χ0v) is 12.6. The van der Waals surface area contributed by atoms with Crippen molar-refractivity contribution in [2.45, 2.75) is 23.4 Å². The molecule has 2 N–H and O–H groups in total. The third-order valence-corrected chi connectivity index (χ3v) is 4.40. The molecular weight excluding hydrogens is 283 g/mol. The molecule has 0 bridgehead atoms. The first-order chi connectivity index (χ1) is 10.3. The number of fused-ring (bicyclic) bond motifs is 1. The Balaban J connectivity index is 1.91. The molecule has 4 heteroatoms. The van der Waals surface area contributed by atoms with E-state index in [9.17, 15) is 4.39 Å². The molecule has 0 aliphatic rings. The van der Waals surface area contributed by atoms with Crippen molar-refractivity contribution in [3.05, 3.63) is 59.9 Å². The number of hydrogen-bond donors (Lipinski definition) is 2. The summed E-state index contributed by atoms with van der Waals surface area (Å²) < 4.78 is 14.0. The quantitative estimate of drug-likeness (QED) is 0.722. The third-order valence-electron chi connectivity index (χ3n) is 3.35. The summed E-state index contributed by atoms with van der Waals surface area (Å²) in [6.07, 6.45) is 0. The number of aromatic nitrogens is 1. The summed E-state index contributed by atoms with van der Waals surface area (Å²) in [4.78, 5) is 4.31. The van der Waals surface area contributed by atoms with E-state index in [2.05, 4.69) is 22.4 Å². The van der Waals surface area contributed by atoms with Crippen molar-refractivity contribution in [2.24, 2.45) is 0 Å². The Morgan fingerprint density at radius 1 is 1.14 bits per heavy atom. The molecule has 0 unspecified atom stereocenters. The van der Waals surface area contributed by atoms with Crippen molar-refractivity contribution in [3.8, 4) is 0 Å². The minimum atomic E-state index is -0.155. The van der Waals surface area contributed by atoms with E-state index >= 15 is 0 Å². The summed E-state index contributed by atoms with van der Waals surface area (Å²) in [7, 11) is 0. The van der Waals surface area contributed by atoms with E-state index in [1.807, 2.05) is 31.2 Å². The maximum atomic E-state index is 14.0. The van der Waals surface area contributed by atoms with Crippen LogP contribution in [0, 0.1) is 5.82 Å². The minimum absolute atomic E-state index is 0.155. The van der Waals surface area contributed by atoms with Gasteiger partial charge >= 0.3 is 0 Å². The predicted octanol–water partition coefficient (Wildman–Crippen LogP) is 4.57. The summed E-state index contributed by atoms with van der Waals surface area (Å²) in [5, 5.41) is 5.39. The Kier molecular flexibility index (Phi) is 4.27. The average molecular weight is 300 g/mol. The number of halogens is 1. The van der Waals surface area contributed by atoms with E-state index in [-0.39, 0.29) is 5.82 Å². The fourth-order valence-electron chi connectivity index (χ4n) is 2.28. The Hall–Kier alpha value is -1.78. The molecule has 2 nitrogen and oxygen atoms in total. The van der Waals surface area contributed by atoms with Gasteiger partial charge in [0.15, 0.2) is 0 Å². The molecule has 3 rings (SSSR count). The van der Waals surface area contributed by atoms with Crippen LogP contribution < -0.4 is 5.32 Å². The Bertz CT molecular complexity index is 718. The normalized spacial score (nSPS) is 11.1. The summed E-state index contributed by atoms with van der Waals surface area (Å²) in [5.74, 6) is -0.155. The fraction of sp³-hybridized carbons (Fsp3) is 0.176. The van der Waals surface area contributed by atoms with E-state index in [0.717, 1.165) is 27.5 Å². The topological polar surface area (TPSA) is 27.8 Å². The highest BCUT2D eigenvalue weighted by Crippen LogP contribution is 2.33. The van der Waals surface area contributed by atoms with E-state index < -0.39 is 0 Å². The van der Waals surface area contributed by atoms with E-state index in [4.69, 9.17) is 0 Å². The first-order valence-electron chi connectivity index (χ1n) is 7.01. The molecule has 0 fully saturated rings. The van der Waals surface area contributed by atoms with Crippen molar-refractivity contribution in [1.29, 1.82) is 0 Å². The first-order valence-corrected chi connectivity index (χ1v) is 7.83. The molecule has 0 atom stereocenters. The molecule has 0 aliphatic carbocycles. The maximum absolute atomic E-state index is 14.0. The van der Waals surface area contributed by atoms with Gasteiger partial charge in [0.25, 0.3) is 0 Å². The number of hydrogen-bond acceptors (Lipinski definition) is 2. The Labute approximate surface area is 127 Å². The number of para-hydroxylation sites is 1. The highest BCUT2D eigenvalue weighted by atomic mass is 32.2. The van der Waals surface area contributed by atoms with Crippen molar-refractivity contribution in [1.82, 2.24) is 10.3 Å². The molecule has 0 amide bonds. The lowest BCUT2D eigenvalue weighted by molar-refractivity contribution is 0.585. The SMILES string of the molecule is CCNCc1c(F)cccc1Sc1cc2ccccc2[nH]1. The monoisotopic (exact) mass is 300 g/mol. The molecule has 2 aromatic carbocycles. The highest BCUT2D eigenvalue weighted by Gasteiger charge is 2.10. The van der Waals surface area contributed by atoms with Crippen LogP contribution >= 0.6 is 11.8 Å². The van der Waals surface area contributed by atoms with Crippen LogP contribution in [0.15, 0.2) is 58.5 Å². The molecular formula is C17H17FN2S. The smallest absolute Gasteiger partial charge is 0.128 e. The number of aromatic amines is 1. The third kappa shape index (κ3) is 3.12. The van der Waals surface area contributed by atoms with E-state index in [1.165, 1.54) is 11.5 Å². The summed E-state index contributed by atoms with van der Waals surface area (Å²) in [5.41, 5.74) is 1.83. The number of rotatable bonds is 5. The van der Waals surface area contributed by atoms with Gasteiger partial charge < -0.3 is 10.3 Å². The van der Waals surface area contributed by atoms with Gasteiger partial charge in [0.2, 0.25) is 0 Å². The zero-order chi connectivity index (χ0) is 14.7. The lowest BCUT2D eigenvalue weighted by Crippen LogP contribution is -2.13. The Morgan fingerprint density at radius 2 is 2.00 bits per heavy atom. The molecule has 0 spiro atoms. The van der Waals surface area contributed by atoms with Gasteiger partial charge in [-0.1, -0.05) is 43.0 Å². The van der Waals surface area contributed by atoms with Crippen LogP contribution in [0.25, 0.3) is 10.9 Å². The second-order valence-corrected chi connectivity index (χ2v) is 5.90. The number of nitrogens with one attached hydrogen (secondary N) is 2. The van der Waals surface area contributed by atoms with Crippen LogP contribution in [0.2, 0.25) is 0 Å². The fourth-order valence-corrected chi connectivity index (χ4v) is 3.30.